The summed E-state index contributed by atoms with van der Waals surface area (Å²) in [6.07, 6.45) is 4.62. The molecule has 5 heteroatoms. The van der Waals surface area contributed by atoms with E-state index in [9.17, 15) is 4.79 Å². The lowest BCUT2D eigenvalue weighted by molar-refractivity contribution is -0.119. The Morgan fingerprint density at radius 2 is 1.86 bits per heavy atom. The predicted octanol–water partition coefficient (Wildman–Crippen LogP) is 4.66. The molecule has 0 spiro atoms. The van der Waals surface area contributed by atoms with Gasteiger partial charge >= 0.3 is 0 Å². The van der Waals surface area contributed by atoms with Gasteiger partial charge in [0.1, 0.15) is 6.61 Å². The smallest absolute Gasteiger partial charge is 0.227 e. The van der Waals surface area contributed by atoms with Crippen molar-refractivity contribution in [2.24, 2.45) is 0 Å². The number of carbonyl (C=O) groups excluding carboxylic acids is 1. The molecule has 2 aromatic heterocycles. The van der Waals surface area contributed by atoms with Gasteiger partial charge < -0.3 is 9.64 Å². The van der Waals surface area contributed by atoms with E-state index in [0.29, 0.717) is 13.0 Å². The van der Waals surface area contributed by atoms with Gasteiger partial charge in [-0.05, 0) is 57.2 Å². The van der Waals surface area contributed by atoms with Crippen molar-refractivity contribution < 1.29 is 9.53 Å². The molecule has 3 heterocycles. The molecular weight excluding hydrogens is 350 g/mol. The van der Waals surface area contributed by atoms with E-state index in [1.165, 1.54) is 16.7 Å². The molecule has 1 fully saturated rings. The number of aromatic nitrogens is 2. The molecule has 1 saturated heterocycles. The van der Waals surface area contributed by atoms with Crippen LogP contribution in [-0.2, 0) is 11.4 Å². The predicted molar refractivity (Wildman–Crippen MR) is 111 cm³/mol. The van der Waals surface area contributed by atoms with E-state index in [2.05, 4.69) is 32.0 Å². The largest absolute Gasteiger partial charge is 0.485 e. The molecule has 0 N–H and O–H groups in total. The standard InChI is InChI=1S/C23H27N3O2/c1-15-8-7-9-16(2)20(15)14-28-21-12-19(25-11-6-5-10-22(25)27)13-26-18(4)17(3)24-23(21)26/h7-9,12-13H,5-6,10-11,14H2,1-4H3. The van der Waals surface area contributed by atoms with Crippen LogP contribution in [0.3, 0.4) is 0 Å². The number of anilines is 1. The Labute approximate surface area is 166 Å². The van der Waals surface area contributed by atoms with Gasteiger partial charge in [0.25, 0.3) is 0 Å². The van der Waals surface area contributed by atoms with Crippen LogP contribution in [-0.4, -0.2) is 21.8 Å². The molecule has 0 saturated carbocycles. The van der Waals surface area contributed by atoms with Crippen LogP contribution in [0.25, 0.3) is 5.65 Å². The van der Waals surface area contributed by atoms with Crippen LogP contribution in [0.4, 0.5) is 5.69 Å². The molecule has 3 aromatic rings. The zero-order valence-electron chi connectivity index (χ0n) is 17.1. The number of amides is 1. The first-order valence-corrected chi connectivity index (χ1v) is 9.93. The van der Waals surface area contributed by atoms with Gasteiger partial charge in [-0.1, -0.05) is 18.2 Å². The Kier molecular flexibility index (Phi) is 4.84. The highest BCUT2D eigenvalue weighted by Gasteiger charge is 2.22. The summed E-state index contributed by atoms with van der Waals surface area (Å²) in [7, 11) is 0. The van der Waals surface area contributed by atoms with Crippen LogP contribution in [0.5, 0.6) is 5.75 Å². The van der Waals surface area contributed by atoms with Crippen molar-refractivity contribution in [3.8, 4) is 5.75 Å². The van der Waals surface area contributed by atoms with Crippen LogP contribution in [0, 0.1) is 27.7 Å². The maximum absolute atomic E-state index is 12.5. The van der Waals surface area contributed by atoms with E-state index in [1.807, 2.05) is 35.4 Å². The maximum Gasteiger partial charge on any atom is 0.227 e. The van der Waals surface area contributed by atoms with Crippen LogP contribution in [0.1, 0.15) is 47.3 Å². The number of carbonyl (C=O) groups is 1. The van der Waals surface area contributed by atoms with Crippen molar-refractivity contribution in [3.05, 3.63) is 58.5 Å². The zero-order valence-corrected chi connectivity index (χ0v) is 17.1. The number of pyridine rings is 1. The van der Waals surface area contributed by atoms with Crippen molar-refractivity contribution in [2.45, 2.75) is 53.6 Å². The Balaban J connectivity index is 1.75. The molecule has 0 atom stereocenters. The second-order valence-electron chi connectivity index (χ2n) is 7.70. The number of piperidine rings is 1. The second kappa shape index (κ2) is 7.30. The SMILES string of the molecule is Cc1cccc(C)c1COc1cc(N2CCCCC2=O)cn2c(C)c(C)nc12. The molecular formula is C23H27N3O2. The third kappa shape index (κ3) is 3.26. The number of rotatable bonds is 4. The number of hydrogen-bond donors (Lipinski definition) is 0. The number of imidazole rings is 1. The minimum atomic E-state index is 0.181. The van der Waals surface area contributed by atoms with Gasteiger partial charge in [-0.15, -0.1) is 0 Å². The molecule has 0 radical (unpaired) electrons. The van der Waals surface area contributed by atoms with Gasteiger partial charge in [0.05, 0.1) is 11.4 Å². The fourth-order valence-electron chi connectivity index (χ4n) is 3.89. The molecule has 1 aromatic carbocycles. The van der Waals surface area contributed by atoms with Gasteiger partial charge in [0, 0.05) is 30.9 Å². The Morgan fingerprint density at radius 1 is 1.11 bits per heavy atom. The van der Waals surface area contributed by atoms with E-state index in [-0.39, 0.29) is 5.91 Å². The Bertz CT molecular complexity index is 1030. The molecule has 4 rings (SSSR count). The fraction of sp³-hybridized carbons (Fsp3) is 0.391. The van der Waals surface area contributed by atoms with Gasteiger partial charge in [0.2, 0.25) is 5.91 Å². The van der Waals surface area contributed by atoms with Crippen LogP contribution >= 0.6 is 0 Å². The molecule has 1 amide bonds. The molecule has 0 bridgehead atoms. The van der Waals surface area contributed by atoms with Crippen molar-refractivity contribution in [1.29, 1.82) is 0 Å². The quantitative estimate of drug-likeness (QED) is 0.664. The van der Waals surface area contributed by atoms with Crippen LogP contribution < -0.4 is 9.64 Å². The normalized spacial score (nSPS) is 14.7. The number of aryl methyl sites for hydroxylation is 4. The van der Waals surface area contributed by atoms with E-state index in [0.717, 1.165) is 47.9 Å². The summed E-state index contributed by atoms with van der Waals surface area (Å²) in [4.78, 5) is 19.0. The van der Waals surface area contributed by atoms with Crippen molar-refractivity contribution in [2.75, 3.05) is 11.4 Å². The first kappa shape index (κ1) is 18.5. The van der Waals surface area contributed by atoms with Crippen molar-refractivity contribution in [1.82, 2.24) is 9.38 Å². The number of hydrogen-bond acceptors (Lipinski definition) is 3. The average molecular weight is 377 g/mol. The summed E-state index contributed by atoms with van der Waals surface area (Å²) in [5.74, 6) is 0.899. The number of benzene rings is 1. The molecule has 1 aliphatic heterocycles. The minimum absolute atomic E-state index is 0.181. The highest BCUT2D eigenvalue weighted by atomic mass is 16.5. The lowest BCUT2D eigenvalue weighted by atomic mass is 10.0. The van der Waals surface area contributed by atoms with E-state index in [1.54, 1.807) is 0 Å². The Morgan fingerprint density at radius 3 is 2.57 bits per heavy atom. The first-order valence-electron chi connectivity index (χ1n) is 9.93. The minimum Gasteiger partial charge on any atom is -0.485 e. The highest BCUT2D eigenvalue weighted by molar-refractivity contribution is 5.94. The van der Waals surface area contributed by atoms with Crippen molar-refractivity contribution in [3.63, 3.8) is 0 Å². The number of ether oxygens (including phenoxy) is 1. The third-order valence-electron chi connectivity index (χ3n) is 5.80. The lowest BCUT2D eigenvalue weighted by Crippen LogP contribution is -2.35. The van der Waals surface area contributed by atoms with Gasteiger partial charge in [-0.25, -0.2) is 4.98 Å². The maximum atomic E-state index is 12.5. The number of fused-ring (bicyclic) bond motifs is 1. The summed E-state index contributed by atoms with van der Waals surface area (Å²) in [5, 5.41) is 0. The third-order valence-corrected chi connectivity index (χ3v) is 5.80. The summed E-state index contributed by atoms with van der Waals surface area (Å²) >= 11 is 0. The average Bonchev–Trinajstić information content (AvgIpc) is 2.96. The molecule has 0 aliphatic carbocycles. The molecule has 146 valence electrons. The summed E-state index contributed by atoms with van der Waals surface area (Å²) in [6.45, 7) is 9.50. The molecule has 0 unspecified atom stereocenters. The van der Waals surface area contributed by atoms with E-state index in [4.69, 9.17) is 9.72 Å². The molecule has 1 aliphatic rings. The Hall–Kier alpha value is -2.82. The summed E-state index contributed by atoms with van der Waals surface area (Å²) in [5.41, 5.74) is 7.35. The van der Waals surface area contributed by atoms with Gasteiger partial charge in [-0.2, -0.15) is 0 Å². The highest BCUT2D eigenvalue weighted by Crippen LogP contribution is 2.31. The lowest BCUT2D eigenvalue weighted by Gasteiger charge is -2.27. The van der Waals surface area contributed by atoms with E-state index < -0.39 is 0 Å². The summed E-state index contributed by atoms with van der Waals surface area (Å²) < 4.78 is 8.33. The molecule has 5 nitrogen and oxygen atoms in total. The zero-order chi connectivity index (χ0) is 19.8. The topological polar surface area (TPSA) is 46.8 Å². The van der Waals surface area contributed by atoms with Crippen molar-refractivity contribution >= 4 is 17.2 Å². The van der Waals surface area contributed by atoms with E-state index >= 15 is 0 Å². The van der Waals surface area contributed by atoms with Crippen LogP contribution in [0.15, 0.2) is 30.5 Å². The van der Waals surface area contributed by atoms with Gasteiger partial charge in [-0.3, -0.25) is 9.20 Å². The first-order chi connectivity index (χ1) is 13.5. The van der Waals surface area contributed by atoms with Gasteiger partial charge in [0.15, 0.2) is 11.4 Å². The molecule has 28 heavy (non-hydrogen) atoms. The monoisotopic (exact) mass is 377 g/mol. The van der Waals surface area contributed by atoms with Crippen LogP contribution in [0.2, 0.25) is 0 Å². The number of nitrogens with zero attached hydrogens (tertiary/aromatic N) is 3. The fourth-order valence-corrected chi connectivity index (χ4v) is 3.89. The second-order valence-corrected chi connectivity index (χ2v) is 7.70. The summed E-state index contributed by atoms with van der Waals surface area (Å²) in [6, 6.07) is 8.25.